The summed E-state index contributed by atoms with van der Waals surface area (Å²) in [5.41, 5.74) is -0.150. The maximum absolute atomic E-state index is 12.4. The van der Waals surface area contributed by atoms with E-state index in [1.165, 1.54) is 11.3 Å². The Morgan fingerprint density at radius 3 is 2.67 bits per heavy atom. The molecule has 2 rings (SSSR count). The van der Waals surface area contributed by atoms with Crippen LogP contribution < -0.4 is 0 Å². The Morgan fingerprint density at radius 2 is 2.10 bits per heavy atom. The van der Waals surface area contributed by atoms with E-state index in [9.17, 15) is 4.79 Å². The van der Waals surface area contributed by atoms with Gasteiger partial charge in [0, 0.05) is 17.9 Å². The number of esters is 1. The van der Waals surface area contributed by atoms with Crippen LogP contribution in [-0.2, 0) is 19.7 Å². The van der Waals surface area contributed by atoms with Gasteiger partial charge in [0.1, 0.15) is 16.0 Å². The Hall–Kier alpha value is -0.940. The zero-order valence-electron chi connectivity index (χ0n) is 13.6. The summed E-state index contributed by atoms with van der Waals surface area (Å²) in [6.07, 6.45) is 2.18. The minimum Gasteiger partial charge on any atom is -0.459 e. The van der Waals surface area contributed by atoms with Crippen LogP contribution in [0.15, 0.2) is 5.38 Å². The van der Waals surface area contributed by atoms with Crippen molar-refractivity contribution in [2.75, 3.05) is 13.2 Å². The predicted molar refractivity (Wildman–Crippen MR) is 83.8 cm³/mol. The molecule has 0 spiro atoms. The van der Waals surface area contributed by atoms with Gasteiger partial charge >= 0.3 is 5.97 Å². The van der Waals surface area contributed by atoms with E-state index >= 15 is 0 Å². The summed E-state index contributed by atoms with van der Waals surface area (Å²) < 4.78 is 11.0. The van der Waals surface area contributed by atoms with E-state index in [0.717, 1.165) is 36.8 Å². The molecule has 0 N–H and O–H groups in total. The van der Waals surface area contributed by atoms with Gasteiger partial charge in [-0.2, -0.15) is 0 Å². The lowest BCUT2D eigenvalue weighted by Gasteiger charge is -2.27. The highest BCUT2D eigenvalue weighted by Crippen LogP contribution is 2.33. The first-order chi connectivity index (χ1) is 9.70. The fourth-order valence-corrected chi connectivity index (χ4v) is 3.24. The second-order valence-electron chi connectivity index (χ2n) is 7.12. The van der Waals surface area contributed by atoms with E-state index in [2.05, 4.69) is 5.38 Å². The van der Waals surface area contributed by atoms with Crippen LogP contribution in [0.2, 0.25) is 0 Å². The summed E-state index contributed by atoms with van der Waals surface area (Å²) in [6.45, 7) is 11.0. The minimum absolute atomic E-state index is 0.226. The Kier molecular flexibility index (Phi) is 4.73. The molecule has 0 aliphatic carbocycles. The number of aromatic nitrogens is 1. The first-order valence-corrected chi connectivity index (χ1v) is 8.35. The van der Waals surface area contributed by atoms with Crippen molar-refractivity contribution in [1.82, 2.24) is 4.98 Å². The Morgan fingerprint density at radius 1 is 1.38 bits per heavy atom. The third-order valence-corrected chi connectivity index (χ3v) is 4.73. The summed E-state index contributed by atoms with van der Waals surface area (Å²) in [5.74, 6) is 0.133. The molecule has 0 amide bonds. The zero-order valence-corrected chi connectivity index (χ0v) is 14.4. The van der Waals surface area contributed by atoms with Crippen molar-refractivity contribution in [2.24, 2.45) is 0 Å². The van der Waals surface area contributed by atoms with Gasteiger partial charge in [-0.3, -0.25) is 4.79 Å². The SMILES string of the molecule is CC(C)(C)OC(=O)C(C)(C)c1nc([C@@H]2CCCOC2)cs1. The molecule has 1 saturated heterocycles. The number of thiazole rings is 1. The molecule has 0 saturated carbocycles. The highest BCUT2D eigenvalue weighted by atomic mass is 32.1. The molecular weight excluding hydrogens is 286 g/mol. The average Bonchev–Trinajstić information content (AvgIpc) is 2.88. The first-order valence-electron chi connectivity index (χ1n) is 7.47. The van der Waals surface area contributed by atoms with Gasteiger partial charge < -0.3 is 9.47 Å². The van der Waals surface area contributed by atoms with Gasteiger partial charge in [0.05, 0.1) is 12.3 Å². The molecule has 4 nitrogen and oxygen atoms in total. The van der Waals surface area contributed by atoms with E-state index in [1.807, 2.05) is 34.6 Å². The molecule has 0 aromatic carbocycles. The van der Waals surface area contributed by atoms with E-state index in [0.29, 0.717) is 5.92 Å². The molecule has 1 aliphatic heterocycles. The van der Waals surface area contributed by atoms with Crippen molar-refractivity contribution in [3.8, 4) is 0 Å². The molecule has 0 bridgehead atoms. The van der Waals surface area contributed by atoms with Crippen molar-refractivity contribution in [3.63, 3.8) is 0 Å². The van der Waals surface area contributed by atoms with Crippen LogP contribution in [-0.4, -0.2) is 29.8 Å². The van der Waals surface area contributed by atoms with Crippen LogP contribution >= 0.6 is 11.3 Å². The molecule has 0 unspecified atom stereocenters. The van der Waals surface area contributed by atoms with E-state index in [-0.39, 0.29) is 5.97 Å². The largest absolute Gasteiger partial charge is 0.459 e. The number of hydrogen-bond donors (Lipinski definition) is 0. The third kappa shape index (κ3) is 4.04. The summed E-state index contributed by atoms with van der Waals surface area (Å²) in [5, 5.41) is 2.87. The fourth-order valence-electron chi connectivity index (χ4n) is 2.23. The summed E-state index contributed by atoms with van der Waals surface area (Å²) in [4.78, 5) is 17.1. The number of carbonyl (C=O) groups is 1. The van der Waals surface area contributed by atoms with Crippen LogP contribution in [0.1, 0.15) is 64.1 Å². The van der Waals surface area contributed by atoms with E-state index in [1.54, 1.807) is 0 Å². The lowest BCUT2D eigenvalue weighted by Crippen LogP contribution is -2.36. The molecular formula is C16H25NO3S. The topological polar surface area (TPSA) is 48.4 Å². The van der Waals surface area contributed by atoms with Gasteiger partial charge in [-0.1, -0.05) is 0 Å². The number of ether oxygens (including phenoxy) is 2. The van der Waals surface area contributed by atoms with Crippen molar-refractivity contribution in [1.29, 1.82) is 0 Å². The molecule has 1 aliphatic rings. The van der Waals surface area contributed by atoms with Gasteiger partial charge in [0.25, 0.3) is 0 Å². The van der Waals surface area contributed by atoms with Gasteiger partial charge in [-0.25, -0.2) is 4.98 Å². The van der Waals surface area contributed by atoms with Crippen molar-refractivity contribution in [3.05, 3.63) is 16.1 Å². The third-order valence-electron chi connectivity index (χ3n) is 3.54. The molecule has 1 aromatic heterocycles. The number of nitrogens with zero attached hydrogens (tertiary/aromatic N) is 1. The second kappa shape index (κ2) is 6.05. The lowest BCUT2D eigenvalue weighted by molar-refractivity contribution is -0.160. The van der Waals surface area contributed by atoms with Gasteiger partial charge in [-0.15, -0.1) is 11.3 Å². The quantitative estimate of drug-likeness (QED) is 0.799. The summed E-state index contributed by atoms with van der Waals surface area (Å²) in [6, 6.07) is 0. The zero-order chi connectivity index (χ0) is 15.7. The Bertz CT molecular complexity index is 496. The van der Waals surface area contributed by atoms with Crippen LogP contribution in [0.3, 0.4) is 0 Å². The molecule has 118 valence electrons. The molecule has 2 heterocycles. The van der Waals surface area contributed by atoms with E-state index < -0.39 is 11.0 Å². The Balaban J connectivity index is 2.13. The number of hydrogen-bond acceptors (Lipinski definition) is 5. The highest BCUT2D eigenvalue weighted by molar-refractivity contribution is 7.10. The summed E-state index contributed by atoms with van der Waals surface area (Å²) >= 11 is 1.54. The van der Waals surface area contributed by atoms with Gasteiger partial charge in [-0.05, 0) is 47.5 Å². The van der Waals surface area contributed by atoms with Gasteiger partial charge in [0.2, 0.25) is 0 Å². The standard InChI is InChI=1S/C16H25NO3S/c1-15(2,3)20-14(18)16(4,5)13-17-12(10-21-13)11-7-6-8-19-9-11/h10-11H,6-9H2,1-5H3/t11-/m1/s1. The van der Waals surface area contributed by atoms with Gasteiger partial charge in [0.15, 0.2) is 0 Å². The van der Waals surface area contributed by atoms with Crippen molar-refractivity contribution < 1.29 is 14.3 Å². The lowest BCUT2D eigenvalue weighted by atomic mass is 9.94. The fraction of sp³-hybridized carbons (Fsp3) is 0.750. The molecule has 1 aromatic rings. The number of rotatable bonds is 3. The molecule has 0 radical (unpaired) electrons. The molecule has 21 heavy (non-hydrogen) atoms. The molecule has 1 fully saturated rings. The molecule has 5 heteroatoms. The van der Waals surface area contributed by atoms with Crippen molar-refractivity contribution in [2.45, 2.75) is 64.4 Å². The average molecular weight is 311 g/mol. The predicted octanol–water partition coefficient (Wildman–Crippen LogP) is 3.66. The molecule has 1 atom stereocenters. The Labute approximate surface area is 130 Å². The first kappa shape index (κ1) is 16.4. The maximum atomic E-state index is 12.4. The number of carbonyl (C=O) groups excluding carboxylic acids is 1. The normalized spacial score (nSPS) is 20.3. The van der Waals surface area contributed by atoms with E-state index in [4.69, 9.17) is 14.5 Å². The maximum Gasteiger partial charge on any atom is 0.318 e. The highest BCUT2D eigenvalue weighted by Gasteiger charge is 2.37. The van der Waals surface area contributed by atoms with Crippen LogP contribution in [0, 0.1) is 0 Å². The monoisotopic (exact) mass is 311 g/mol. The second-order valence-corrected chi connectivity index (χ2v) is 7.98. The van der Waals surface area contributed by atoms with Crippen LogP contribution in [0.25, 0.3) is 0 Å². The van der Waals surface area contributed by atoms with Crippen LogP contribution in [0.5, 0.6) is 0 Å². The minimum atomic E-state index is -0.717. The van der Waals surface area contributed by atoms with Crippen molar-refractivity contribution >= 4 is 17.3 Å². The van der Waals surface area contributed by atoms with Crippen LogP contribution in [0.4, 0.5) is 0 Å². The summed E-state index contributed by atoms with van der Waals surface area (Å²) in [7, 11) is 0. The smallest absolute Gasteiger partial charge is 0.318 e.